The molecule has 1 amide bonds. The molecular weight excluding hydrogens is 469 g/mol. The van der Waals surface area contributed by atoms with Crippen molar-refractivity contribution >= 4 is 21.6 Å². The molecule has 0 bridgehead atoms. The molecular formula is C26H28FN3O4S. The molecule has 1 aliphatic heterocycles. The van der Waals surface area contributed by atoms with E-state index in [1.54, 1.807) is 43.3 Å². The minimum absolute atomic E-state index is 0.0939. The number of hydrogen-bond acceptors (Lipinski definition) is 5. The molecule has 1 fully saturated rings. The van der Waals surface area contributed by atoms with Crippen LogP contribution in [0.15, 0.2) is 77.7 Å². The number of carbonyl (C=O) groups excluding carboxylic acids is 1. The van der Waals surface area contributed by atoms with Crippen molar-refractivity contribution < 1.29 is 22.3 Å². The van der Waals surface area contributed by atoms with Crippen LogP contribution in [0.2, 0.25) is 0 Å². The highest BCUT2D eigenvalue weighted by Crippen LogP contribution is 2.23. The van der Waals surface area contributed by atoms with Gasteiger partial charge in [0.05, 0.1) is 12.0 Å². The third kappa shape index (κ3) is 5.63. The van der Waals surface area contributed by atoms with Crippen LogP contribution in [0.5, 0.6) is 5.75 Å². The van der Waals surface area contributed by atoms with Crippen molar-refractivity contribution in [1.82, 2.24) is 9.21 Å². The first kappa shape index (κ1) is 24.7. The molecule has 0 aromatic heterocycles. The summed E-state index contributed by atoms with van der Waals surface area (Å²) in [6, 6.07) is 19.8. The second-order valence-corrected chi connectivity index (χ2v) is 10.3. The molecule has 9 heteroatoms. The molecule has 4 rings (SSSR count). The smallest absolute Gasteiger partial charge is 0.253 e. The molecule has 1 saturated heterocycles. The SMILES string of the molecule is COc1ccc(CN(C)C(=O)c2cccc(S(=O)(=O)N3CCN(c4ccc(F)cc4)CC3)c2)cc1. The minimum Gasteiger partial charge on any atom is -0.497 e. The fourth-order valence-electron chi connectivity index (χ4n) is 4.07. The highest BCUT2D eigenvalue weighted by Gasteiger charge is 2.29. The first-order valence-corrected chi connectivity index (χ1v) is 12.7. The van der Waals surface area contributed by atoms with E-state index in [1.165, 1.54) is 28.6 Å². The number of anilines is 1. The van der Waals surface area contributed by atoms with Crippen LogP contribution in [-0.2, 0) is 16.6 Å². The fraction of sp³-hybridized carbons (Fsp3) is 0.269. The number of halogens is 1. The normalized spacial score (nSPS) is 14.5. The maximum Gasteiger partial charge on any atom is 0.253 e. The van der Waals surface area contributed by atoms with E-state index >= 15 is 0 Å². The highest BCUT2D eigenvalue weighted by atomic mass is 32.2. The Labute approximate surface area is 205 Å². The molecule has 0 radical (unpaired) electrons. The summed E-state index contributed by atoms with van der Waals surface area (Å²) in [4.78, 5) is 16.7. The van der Waals surface area contributed by atoms with Crippen molar-refractivity contribution in [1.29, 1.82) is 0 Å². The van der Waals surface area contributed by atoms with E-state index in [0.29, 0.717) is 38.3 Å². The van der Waals surface area contributed by atoms with Gasteiger partial charge in [0.25, 0.3) is 5.91 Å². The molecule has 7 nitrogen and oxygen atoms in total. The zero-order valence-electron chi connectivity index (χ0n) is 19.7. The Bertz CT molecular complexity index is 1270. The Morgan fingerprint density at radius 2 is 1.63 bits per heavy atom. The number of rotatable bonds is 7. The second kappa shape index (κ2) is 10.5. The van der Waals surface area contributed by atoms with E-state index in [-0.39, 0.29) is 16.6 Å². The van der Waals surface area contributed by atoms with Crippen LogP contribution in [0, 0.1) is 5.82 Å². The van der Waals surface area contributed by atoms with Crippen LogP contribution in [0.3, 0.4) is 0 Å². The van der Waals surface area contributed by atoms with Gasteiger partial charge in [0.15, 0.2) is 0 Å². The number of sulfonamides is 1. The largest absolute Gasteiger partial charge is 0.497 e. The van der Waals surface area contributed by atoms with Crippen molar-refractivity contribution in [2.24, 2.45) is 0 Å². The van der Waals surface area contributed by atoms with Gasteiger partial charge < -0.3 is 14.5 Å². The zero-order valence-corrected chi connectivity index (χ0v) is 20.5. The molecule has 35 heavy (non-hydrogen) atoms. The minimum atomic E-state index is -3.76. The van der Waals surface area contributed by atoms with Gasteiger partial charge >= 0.3 is 0 Å². The van der Waals surface area contributed by atoms with Crippen molar-refractivity contribution in [3.8, 4) is 5.75 Å². The Kier molecular flexibility index (Phi) is 7.37. The number of carbonyl (C=O) groups is 1. The number of hydrogen-bond donors (Lipinski definition) is 0. The second-order valence-electron chi connectivity index (χ2n) is 8.40. The summed E-state index contributed by atoms with van der Waals surface area (Å²) in [5.41, 5.74) is 2.10. The number of benzene rings is 3. The van der Waals surface area contributed by atoms with E-state index in [2.05, 4.69) is 0 Å². The summed E-state index contributed by atoms with van der Waals surface area (Å²) in [6.45, 7) is 1.97. The third-order valence-electron chi connectivity index (χ3n) is 6.07. The van der Waals surface area contributed by atoms with E-state index in [0.717, 1.165) is 17.0 Å². The zero-order chi connectivity index (χ0) is 25.0. The lowest BCUT2D eigenvalue weighted by Crippen LogP contribution is -2.48. The molecule has 0 N–H and O–H groups in total. The molecule has 3 aromatic rings. The predicted octanol–water partition coefficient (Wildman–Crippen LogP) is 3.62. The molecule has 184 valence electrons. The van der Waals surface area contributed by atoms with Gasteiger partial charge in [0.2, 0.25) is 10.0 Å². The van der Waals surface area contributed by atoms with E-state index in [9.17, 15) is 17.6 Å². The van der Waals surface area contributed by atoms with Crippen LogP contribution in [0.1, 0.15) is 15.9 Å². The van der Waals surface area contributed by atoms with Crippen LogP contribution in [-0.4, -0.2) is 63.9 Å². The molecule has 0 aliphatic carbocycles. The third-order valence-corrected chi connectivity index (χ3v) is 7.97. The number of amides is 1. The average Bonchev–Trinajstić information content (AvgIpc) is 2.89. The summed E-state index contributed by atoms with van der Waals surface area (Å²) in [5.74, 6) is 0.164. The Morgan fingerprint density at radius 1 is 0.971 bits per heavy atom. The lowest BCUT2D eigenvalue weighted by Gasteiger charge is -2.35. The summed E-state index contributed by atoms with van der Waals surface area (Å²) < 4.78 is 46.4. The molecule has 1 aliphatic rings. The van der Waals surface area contributed by atoms with E-state index in [1.807, 2.05) is 29.2 Å². The van der Waals surface area contributed by atoms with E-state index in [4.69, 9.17) is 4.74 Å². The van der Waals surface area contributed by atoms with Gasteiger partial charge in [0.1, 0.15) is 11.6 Å². The number of methoxy groups -OCH3 is 1. The molecule has 0 atom stereocenters. The Morgan fingerprint density at radius 3 is 2.26 bits per heavy atom. The van der Waals surface area contributed by atoms with Gasteiger partial charge in [-0.1, -0.05) is 18.2 Å². The summed E-state index contributed by atoms with van der Waals surface area (Å²) in [5, 5.41) is 0. The van der Waals surface area contributed by atoms with Gasteiger partial charge in [-0.25, -0.2) is 12.8 Å². The van der Waals surface area contributed by atoms with Gasteiger partial charge in [-0.15, -0.1) is 0 Å². The topological polar surface area (TPSA) is 70.2 Å². The van der Waals surface area contributed by atoms with Gasteiger partial charge in [0, 0.05) is 51.0 Å². The number of nitrogens with zero attached hydrogens (tertiary/aromatic N) is 3. The van der Waals surface area contributed by atoms with Crippen molar-refractivity contribution in [2.45, 2.75) is 11.4 Å². The monoisotopic (exact) mass is 497 g/mol. The number of ether oxygens (including phenoxy) is 1. The van der Waals surface area contributed by atoms with E-state index < -0.39 is 10.0 Å². The molecule has 1 heterocycles. The van der Waals surface area contributed by atoms with Crippen molar-refractivity contribution in [3.63, 3.8) is 0 Å². The molecule has 0 unspecified atom stereocenters. The maximum atomic E-state index is 13.3. The Hall–Kier alpha value is -3.43. The lowest BCUT2D eigenvalue weighted by molar-refractivity contribution is 0.0785. The standard InChI is InChI=1S/C26H28FN3O4S/c1-28(19-20-6-12-24(34-2)13-7-20)26(31)21-4-3-5-25(18-21)35(32,33)30-16-14-29(15-17-30)23-10-8-22(27)9-11-23/h3-13,18H,14-17,19H2,1-2H3. The summed E-state index contributed by atoms with van der Waals surface area (Å²) in [7, 11) is -0.483. The van der Waals surface area contributed by atoms with Crippen LogP contribution < -0.4 is 9.64 Å². The first-order valence-electron chi connectivity index (χ1n) is 11.3. The molecule has 0 spiro atoms. The first-order chi connectivity index (χ1) is 16.8. The van der Waals surface area contributed by atoms with Crippen molar-refractivity contribution in [3.05, 3.63) is 89.7 Å². The van der Waals surface area contributed by atoms with Gasteiger partial charge in [-0.2, -0.15) is 4.31 Å². The number of piperazine rings is 1. The highest BCUT2D eigenvalue weighted by molar-refractivity contribution is 7.89. The van der Waals surface area contributed by atoms with Crippen LogP contribution in [0.25, 0.3) is 0 Å². The lowest BCUT2D eigenvalue weighted by atomic mass is 10.1. The van der Waals surface area contributed by atoms with Gasteiger partial charge in [-0.05, 0) is 60.2 Å². The quantitative estimate of drug-likeness (QED) is 0.499. The summed E-state index contributed by atoms with van der Waals surface area (Å²) >= 11 is 0. The predicted molar refractivity (Wildman–Crippen MR) is 133 cm³/mol. The maximum absolute atomic E-state index is 13.3. The Balaban J connectivity index is 1.43. The summed E-state index contributed by atoms with van der Waals surface area (Å²) in [6.07, 6.45) is 0. The fourth-order valence-corrected chi connectivity index (χ4v) is 5.54. The van der Waals surface area contributed by atoms with Gasteiger partial charge in [-0.3, -0.25) is 4.79 Å². The molecule has 3 aromatic carbocycles. The van der Waals surface area contributed by atoms with Crippen molar-refractivity contribution in [2.75, 3.05) is 45.2 Å². The molecule has 0 saturated carbocycles. The van der Waals surface area contributed by atoms with Crippen LogP contribution >= 0.6 is 0 Å². The average molecular weight is 498 g/mol. The van der Waals surface area contributed by atoms with Crippen LogP contribution in [0.4, 0.5) is 10.1 Å².